The lowest BCUT2D eigenvalue weighted by Crippen LogP contribution is -2.50. The van der Waals surface area contributed by atoms with Crippen molar-refractivity contribution in [2.75, 3.05) is 37.3 Å². The maximum atomic E-state index is 11.8. The normalized spacial score (nSPS) is 18.6. The number of benzene rings is 2. The molecule has 0 saturated carbocycles. The van der Waals surface area contributed by atoms with Crippen LogP contribution in [0, 0.1) is 6.92 Å². The van der Waals surface area contributed by atoms with E-state index in [2.05, 4.69) is 64.7 Å². The first-order valence-corrected chi connectivity index (χ1v) is 14.5. The molecule has 0 N–H and O–H groups in total. The fourth-order valence-corrected chi connectivity index (χ4v) is 6.48. The lowest BCUT2D eigenvalue weighted by atomic mass is 10.1. The summed E-state index contributed by atoms with van der Waals surface area (Å²) in [6.45, 7) is 6.70. The van der Waals surface area contributed by atoms with Crippen molar-refractivity contribution in [1.82, 2.24) is 14.5 Å². The van der Waals surface area contributed by atoms with Gasteiger partial charge in [0.15, 0.2) is 9.84 Å². The highest BCUT2D eigenvalue weighted by Crippen LogP contribution is 2.33. The van der Waals surface area contributed by atoms with E-state index in [-0.39, 0.29) is 0 Å². The van der Waals surface area contributed by atoms with Gasteiger partial charge in [-0.25, -0.2) is 8.42 Å². The molecular weight excluding hydrogens is 468 g/mol. The molecule has 2 aliphatic rings. The van der Waals surface area contributed by atoms with Crippen molar-refractivity contribution >= 4 is 26.4 Å². The Morgan fingerprint density at radius 3 is 2.36 bits per heavy atom. The number of hydrogen-bond acceptors (Lipinski definition) is 5. The summed E-state index contributed by atoms with van der Waals surface area (Å²) in [6, 6.07) is 21.0. The summed E-state index contributed by atoms with van der Waals surface area (Å²) in [5.74, 6) is 0. The molecule has 0 amide bonds. The van der Waals surface area contributed by atoms with E-state index in [9.17, 15) is 8.42 Å². The van der Waals surface area contributed by atoms with Crippen molar-refractivity contribution in [1.29, 1.82) is 0 Å². The Hall–Kier alpha value is -3.16. The van der Waals surface area contributed by atoms with E-state index in [0.717, 1.165) is 58.7 Å². The van der Waals surface area contributed by atoms with Gasteiger partial charge in [-0.15, -0.1) is 0 Å². The molecule has 2 fully saturated rings. The van der Waals surface area contributed by atoms with E-state index in [4.69, 9.17) is 4.98 Å². The SMILES string of the molecule is Cc1nc(-c2ccc(N3CCN4CCCC4C3)cc2)cc2c1cc(-c1ccc(S(C)(=O)=O)cc1)n2C. The van der Waals surface area contributed by atoms with Gasteiger partial charge in [0.25, 0.3) is 0 Å². The Kier molecular flexibility index (Phi) is 5.65. The van der Waals surface area contributed by atoms with E-state index < -0.39 is 9.84 Å². The van der Waals surface area contributed by atoms with E-state index in [1.165, 1.54) is 31.3 Å². The second-order valence-electron chi connectivity index (χ2n) is 10.2. The molecule has 2 aromatic carbocycles. The third-order valence-corrected chi connectivity index (χ3v) is 9.05. The minimum Gasteiger partial charge on any atom is -0.369 e. The van der Waals surface area contributed by atoms with Crippen LogP contribution in [-0.2, 0) is 16.9 Å². The van der Waals surface area contributed by atoms with Crippen LogP contribution in [0.15, 0.2) is 65.6 Å². The third-order valence-electron chi connectivity index (χ3n) is 7.92. The summed E-state index contributed by atoms with van der Waals surface area (Å²) in [6.07, 6.45) is 3.88. The maximum Gasteiger partial charge on any atom is 0.175 e. The highest BCUT2D eigenvalue weighted by Gasteiger charge is 2.30. The smallest absolute Gasteiger partial charge is 0.175 e. The zero-order chi connectivity index (χ0) is 25.0. The van der Waals surface area contributed by atoms with Crippen LogP contribution in [0.4, 0.5) is 5.69 Å². The molecule has 2 saturated heterocycles. The number of fused-ring (bicyclic) bond motifs is 2. The number of nitrogens with zero attached hydrogens (tertiary/aromatic N) is 4. The maximum absolute atomic E-state index is 11.8. The first-order valence-electron chi connectivity index (χ1n) is 12.6. The van der Waals surface area contributed by atoms with Gasteiger partial charge in [0.2, 0.25) is 0 Å². The van der Waals surface area contributed by atoms with Crippen LogP contribution in [0.5, 0.6) is 0 Å². The van der Waals surface area contributed by atoms with Crippen LogP contribution in [0.25, 0.3) is 33.4 Å². The van der Waals surface area contributed by atoms with Gasteiger partial charge in [-0.1, -0.05) is 24.3 Å². The van der Waals surface area contributed by atoms with Crippen molar-refractivity contribution in [3.63, 3.8) is 0 Å². The second kappa shape index (κ2) is 8.75. The Morgan fingerprint density at radius 1 is 0.917 bits per heavy atom. The molecule has 4 heterocycles. The van der Waals surface area contributed by atoms with Crippen molar-refractivity contribution in [3.05, 3.63) is 66.4 Å². The summed E-state index contributed by atoms with van der Waals surface area (Å²) < 4.78 is 25.8. The van der Waals surface area contributed by atoms with Crippen LogP contribution >= 0.6 is 0 Å². The molecular formula is C29H32N4O2S. The summed E-state index contributed by atoms with van der Waals surface area (Å²) in [4.78, 5) is 10.4. The van der Waals surface area contributed by atoms with E-state index in [1.807, 2.05) is 12.1 Å². The zero-order valence-corrected chi connectivity index (χ0v) is 21.9. The molecule has 6 rings (SSSR count). The number of aromatic nitrogens is 2. The first-order chi connectivity index (χ1) is 17.3. The fraction of sp³-hybridized carbons (Fsp3) is 0.345. The molecule has 7 heteroatoms. The molecule has 2 aromatic heterocycles. The van der Waals surface area contributed by atoms with Crippen LogP contribution in [0.3, 0.4) is 0 Å². The molecule has 0 bridgehead atoms. The average Bonchev–Trinajstić information content (AvgIpc) is 3.48. The summed E-state index contributed by atoms with van der Waals surface area (Å²) in [5, 5.41) is 1.11. The molecule has 36 heavy (non-hydrogen) atoms. The van der Waals surface area contributed by atoms with Gasteiger partial charge >= 0.3 is 0 Å². The Morgan fingerprint density at radius 2 is 1.64 bits per heavy atom. The van der Waals surface area contributed by atoms with Crippen LogP contribution in [0.2, 0.25) is 0 Å². The van der Waals surface area contributed by atoms with Crippen molar-refractivity contribution in [3.8, 4) is 22.5 Å². The van der Waals surface area contributed by atoms with Crippen molar-refractivity contribution in [2.24, 2.45) is 7.05 Å². The predicted octanol–water partition coefficient (Wildman–Crippen LogP) is 4.90. The molecule has 0 spiro atoms. The number of aryl methyl sites for hydroxylation is 2. The van der Waals surface area contributed by atoms with Crippen LogP contribution < -0.4 is 4.90 Å². The monoisotopic (exact) mass is 500 g/mol. The number of pyridine rings is 1. The van der Waals surface area contributed by atoms with Crippen molar-refractivity contribution < 1.29 is 8.42 Å². The summed E-state index contributed by atoms with van der Waals surface area (Å²) >= 11 is 0. The van der Waals surface area contributed by atoms with Crippen LogP contribution in [0.1, 0.15) is 18.5 Å². The standard InChI is InChI=1S/C29H32N4O2S/c1-20-26-17-28(22-8-12-25(13-9-22)36(3,34)35)31(2)29(26)18-27(30-20)21-6-10-23(11-7-21)33-16-15-32-14-4-5-24(32)19-33/h6-13,17-18,24H,4-5,14-16,19H2,1-3H3. The Labute approximate surface area is 213 Å². The minimum absolute atomic E-state index is 0.332. The largest absolute Gasteiger partial charge is 0.369 e. The molecule has 186 valence electrons. The fourth-order valence-electron chi connectivity index (χ4n) is 5.85. The number of anilines is 1. The molecule has 0 aliphatic carbocycles. The van der Waals surface area contributed by atoms with Gasteiger partial charge in [-0.05, 0) is 68.3 Å². The van der Waals surface area contributed by atoms with Gasteiger partial charge in [0.05, 0.1) is 16.1 Å². The number of sulfone groups is 1. The first kappa shape index (κ1) is 23.3. The molecule has 1 unspecified atom stereocenters. The Bertz CT molecular complexity index is 1540. The highest BCUT2D eigenvalue weighted by atomic mass is 32.2. The molecule has 2 aliphatic heterocycles. The van der Waals surface area contributed by atoms with E-state index >= 15 is 0 Å². The van der Waals surface area contributed by atoms with Crippen molar-refractivity contribution in [2.45, 2.75) is 30.7 Å². The quantitative estimate of drug-likeness (QED) is 0.399. The summed E-state index contributed by atoms with van der Waals surface area (Å²) in [7, 11) is -1.16. The lowest BCUT2D eigenvalue weighted by molar-refractivity contribution is 0.231. The minimum atomic E-state index is -3.22. The molecule has 0 radical (unpaired) electrons. The van der Waals surface area contributed by atoms with Gasteiger partial charge < -0.3 is 9.47 Å². The zero-order valence-electron chi connectivity index (χ0n) is 21.1. The number of piperazine rings is 1. The lowest BCUT2D eigenvalue weighted by Gasteiger charge is -2.38. The third kappa shape index (κ3) is 4.10. The van der Waals surface area contributed by atoms with Gasteiger partial charge in [-0.2, -0.15) is 0 Å². The van der Waals surface area contributed by atoms with E-state index in [1.54, 1.807) is 12.1 Å². The van der Waals surface area contributed by atoms with Gasteiger partial charge in [0.1, 0.15) is 0 Å². The van der Waals surface area contributed by atoms with Crippen LogP contribution in [-0.4, -0.2) is 61.3 Å². The average molecular weight is 501 g/mol. The topological polar surface area (TPSA) is 58.4 Å². The molecule has 1 atom stereocenters. The van der Waals surface area contributed by atoms with Gasteiger partial charge in [0, 0.05) is 67.0 Å². The van der Waals surface area contributed by atoms with Gasteiger partial charge in [-0.3, -0.25) is 9.88 Å². The number of hydrogen-bond donors (Lipinski definition) is 0. The number of rotatable bonds is 4. The van der Waals surface area contributed by atoms with E-state index in [0.29, 0.717) is 10.9 Å². The highest BCUT2D eigenvalue weighted by molar-refractivity contribution is 7.90. The predicted molar refractivity (Wildman–Crippen MR) is 146 cm³/mol. The summed E-state index contributed by atoms with van der Waals surface area (Å²) in [5.41, 5.74) is 7.49. The molecule has 6 nitrogen and oxygen atoms in total. The second-order valence-corrected chi connectivity index (χ2v) is 12.3. The molecule has 4 aromatic rings. The Balaban J connectivity index is 1.30.